The smallest absolute Gasteiger partial charge is 0.0813 e. The van der Waals surface area contributed by atoms with Crippen LogP contribution in [0.15, 0.2) is 0 Å². The zero-order valence-corrected chi connectivity index (χ0v) is 11.0. The Morgan fingerprint density at radius 2 is 1.81 bits per heavy atom. The van der Waals surface area contributed by atoms with Crippen LogP contribution in [-0.4, -0.2) is 25.4 Å². The fourth-order valence-corrected chi connectivity index (χ4v) is 2.21. The number of ether oxygens (including phenoxy) is 2. The second kappa shape index (κ2) is 9.00. The molecule has 1 rings (SSSR count). The van der Waals surface area contributed by atoms with Crippen molar-refractivity contribution in [3.63, 3.8) is 0 Å². The van der Waals surface area contributed by atoms with Gasteiger partial charge in [-0.15, -0.1) is 0 Å². The number of rotatable bonds is 9. The molecule has 0 N–H and O–H groups in total. The van der Waals surface area contributed by atoms with E-state index in [9.17, 15) is 0 Å². The molecule has 0 aromatic rings. The Labute approximate surface area is 101 Å². The molecular weight excluding hydrogens is 200 g/mol. The van der Waals surface area contributed by atoms with Gasteiger partial charge in [-0.25, -0.2) is 0 Å². The molecule has 96 valence electrons. The molecule has 2 atom stereocenters. The van der Waals surface area contributed by atoms with Crippen LogP contribution in [-0.2, 0) is 9.47 Å². The quantitative estimate of drug-likeness (QED) is 0.557. The second-order valence-electron chi connectivity index (χ2n) is 4.99. The minimum absolute atomic E-state index is 0.370. The molecule has 2 heteroatoms. The summed E-state index contributed by atoms with van der Waals surface area (Å²) in [6.07, 6.45) is 11.2. The molecule has 1 heterocycles. The van der Waals surface area contributed by atoms with Crippen LogP contribution in [0.4, 0.5) is 0 Å². The van der Waals surface area contributed by atoms with Crippen LogP contribution in [0.3, 0.4) is 0 Å². The van der Waals surface area contributed by atoms with E-state index in [0.717, 1.165) is 13.2 Å². The molecule has 0 spiro atoms. The van der Waals surface area contributed by atoms with E-state index >= 15 is 0 Å². The van der Waals surface area contributed by atoms with Gasteiger partial charge in [-0.2, -0.15) is 0 Å². The average Bonchev–Trinajstić information content (AvgIpc) is 2.68. The van der Waals surface area contributed by atoms with Gasteiger partial charge in [0.1, 0.15) is 0 Å². The Balaban J connectivity index is 1.78. The minimum atomic E-state index is 0.370. The molecule has 1 aliphatic heterocycles. The highest BCUT2D eigenvalue weighted by atomic mass is 16.5. The zero-order chi connectivity index (χ0) is 11.6. The molecule has 1 fully saturated rings. The van der Waals surface area contributed by atoms with Crippen LogP contribution in [0.2, 0.25) is 0 Å². The van der Waals surface area contributed by atoms with Gasteiger partial charge in [0.15, 0.2) is 0 Å². The maximum absolute atomic E-state index is 5.70. The lowest BCUT2D eigenvalue weighted by Crippen LogP contribution is -2.16. The summed E-state index contributed by atoms with van der Waals surface area (Å²) < 4.78 is 11.3. The van der Waals surface area contributed by atoms with Crippen LogP contribution < -0.4 is 0 Å². The van der Waals surface area contributed by atoms with Gasteiger partial charge in [-0.05, 0) is 26.2 Å². The van der Waals surface area contributed by atoms with Gasteiger partial charge in [0.25, 0.3) is 0 Å². The van der Waals surface area contributed by atoms with Crippen molar-refractivity contribution in [1.29, 1.82) is 0 Å². The molecule has 0 bridgehead atoms. The van der Waals surface area contributed by atoms with E-state index in [-0.39, 0.29) is 0 Å². The summed E-state index contributed by atoms with van der Waals surface area (Å²) in [5, 5.41) is 0. The summed E-state index contributed by atoms with van der Waals surface area (Å²) in [6.45, 7) is 6.12. The van der Waals surface area contributed by atoms with E-state index in [2.05, 4.69) is 13.8 Å². The van der Waals surface area contributed by atoms with Crippen LogP contribution in [0.5, 0.6) is 0 Å². The Morgan fingerprint density at radius 1 is 1.06 bits per heavy atom. The van der Waals surface area contributed by atoms with E-state index < -0.39 is 0 Å². The van der Waals surface area contributed by atoms with Crippen molar-refractivity contribution in [2.45, 2.75) is 77.4 Å². The SMILES string of the molecule is CCCCCCCCOCC1CCC(C)O1. The Kier molecular flexibility index (Phi) is 7.87. The van der Waals surface area contributed by atoms with Crippen molar-refractivity contribution in [3.8, 4) is 0 Å². The van der Waals surface area contributed by atoms with Crippen molar-refractivity contribution in [2.75, 3.05) is 13.2 Å². The Morgan fingerprint density at radius 3 is 2.50 bits per heavy atom. The monoisotopic (exact) mass is 228 g/mol. The molecule has 16 heavy (non-hydrogen) atoms. The largest absolute Gasteiger partial charge is 0.379 e. The maximum Gasteiger partial charge on any atom is 0.0813 e. The third-order valence-electron chi connectivity index (χ3n) is 3.27. The summed E-state index contributed by atoms with van der Waals surface area (Å²) in [6, 6.07) is 0. The van der Waals surface area contributed by atoms with Crippen molar-refractivity contribution < 1.29 is 9.47 Å². The summed E-state index contributed by atoms with van der Waals surface area (Å²) in [5.74, 6) is 0. The Hall–Kier alpha value is -0.0800. The van der Waals surface area contributed by atoms with Gasteiger partial charge in [-0.3, -0.25) is 0 Å². The molecule has 2 unspecified atom stereocenters. The van der Waals surface area contributed by atoms with Crippen molar-refractivity contribution in [1.82, 2.24) is 0 Å². The first kappa shape index (κ1) is 14.0. The maximum atomic E-state index is 5.70. The highest BCUT2D eigenvalue weighted by Crippen LogP contribution is 2.19. The summed E-state index contributed by atoms with van der Waals surface area (Å²) in [7, 11) is 0. The van der Waals surface area contributed by atoms with E-state index in [1.807, 2.05) is 0 Å². The normalized spacial score (nSPS) is 25.1. The summed E-state index contributed by atoms with van der Waals surface area (Å²) in [5.41, 5.74) is 0. The lowest BCUT2D eigenvalue weighted by atomic mass is 10.1. The lowest BCUT2D eigenvalue weighted by Gasteiger charge is -2.11. The first-order valence-corrected chi connectivity index (χ1v) is 7.06. The fraction of sp³-hybridized carbons (Fsp3) is 1.00. The lowest BCUT2D eigenvalue weighted by molar-refractivity contribution is -0.00989. The van der Waals surface area contributed by atoms with Crippen molar-refractivity contribution in [2.24, 2.45) is 0 Å². The van der Waals surface area contributed by atoms with Gasteiger partial charge < -0.3 is 9.47 Å². The summed E-state index contributed by atoms with van der Waals surface area (Å²) >= 11 is 0. The number of hydrogen-bond donors (Lipinski definition) is 0. The van der Waals surface area contributed by atoms with Crippen LogP contribution in [0.25, 0.3) is 0 Å². The molecule has 0 radical (unpaired) electrons. The van der Waals surface area contributed by atoms with E-state index in [1.165, 1.54) is 51.4 Å². The highest BCUT2D eigenvalue weighted by molar-refractivity contribution is 4.69. The third kappa shape index (κ3) is 6.49. The molecule has 1 aliphatic rings. The van der Waals surface area contributed by atoms with E-state index in [1.54, 1.807) is 0 Å². The first-order valence-electron chi connectivity index (χ1n) is 7.06. The molecule has 2 nitrogen and oxygen atoms in total. The third-order valence-corrected chi connectivity index (χ3v) is 3.27. The van der Waals surface area contributed by atoms with Crippen molar-refractivity contribution >= 4 is 0 Å². The predicted molar refractivity (Wildman–Crippen MR) is 67.8 cm³/mol. The van der Waals surface area contributed by atoms with Gasteiger partial charge in [0, 0.05) is 6.61 Å². The molecule has 0 aromatic carbocycles. The average molecular weight is 228 g/mol. The summed E-state index contributed by atoms with van der Waals surface area (Å²) in [4.78, 5) is 0. The van der Waals surface area contributed by atoms with E-state index in [0.29, 0.717) is 12.2 Å². The molecular formula is C14H28O2. The van der Waals surface area contributed by atoms with Gasteiger partial charge in [-0.1, -0.05) is 39.0 Å². The minimum Gasteiger partial charge on any atom is -0.379 e. The van der Waals surface area contributed by atoms with Crippen LogP contribution >= 0.6 is 0 Å². The van der Waals surface area contributed by atoms with Crippen LogP contribution in [0, 0.1) is 0 Å². The highest BCUT2D eigenvalue weighted by Gasteiger charge is 2.21. The fourth-order valence-electron chi connectivity index (χ4n) is 2.21. The first-order chi connectivity index (χ1) is 7.83. The molecule has 1 saturated heterocycles. The van der Waals surface area contributed by atoms with Crippen molar-refractivity contribution in [3.05, 3.63) is 0 Å². The van der Waals surface area contributed by atoms with E-state index in [4.69, 9.17) is 9.47 Å². The molecule has 0 amide bonds. The number of unbranched alkanes of at least 4 members (excludes halogenated alkanes) is 5. The standard InChI is InChI=1S/C14H28O2/c1-3-4-5-6-7-8-11-15-12-14-10-9-13(2)16-14/h13-14H,3-12H2,1-2H3. The predicted octanol–water partition coefficient (Wildman–Crippen LogP) is 3.93. The van der Waals surface area contributed by atoms with Gasteiger partial charge in [0.2, 0.25) is 0 Å². The zero-order valence-electron chi connectivity index (χ0n) is 11.0. The second-order valence-corrected chi connectivity index (χ2v) is 4.99. The topological polar surface area (TPSA) is 18.5 Å². The molecule has 0 saturated carbocycles. The van der Waals surface area contributed by atoms with Gasteiger partial charge >= 0.3 is 0 Å². The van der Waals surface area contributed by atoms with Crippen LogP contribution in [0.1, 0.15) is 65.2 Å². The Bertz CT molecular complexity index is 159. The number of hydrogen-bond acceptors (Lipinski definition) is 2. The molecule has 0 aromatic heterocycles. The van der Waals surface area contributed by atoms with Gasteiger partial charge in [0.05, 0.1) is 18.8 Å². The molecule has 0 aliphatic carbocycles.